The van der Waals surface area contributed by atoms with Gasteiger partial charge >= 0.3 is 17.8 Å². The second-order valence-electron chi connectivity index (χ2n) is 9.44. The first-order valence-corrected chi connectivity index (χ1v) is 13.4. The number of hydrogen-bond acceptors (Lipinski definition) is 4. The molecule has 4 rings (SSSR count). The molecule has 2 aliphatic heterocycles. The highest BCUT2D eigenvalue weighted by molar-refractivity contribution is 8.09. The maximum atomic E-state index is 15.2. The Morgan fingerprint density at radius 1 is 0.714 bits per heavy atom. The van der Waals surface area contributed by atoms with E-state index in [0.29, 0.717) is 22.9 Å². The Morgan fingerprint density at radius 2 is 1.09 bits per heavy atom. The van der Waals surface area contributed by atoms with E-state index >= 15 is 17.6 Å². The Labute approximate surface area is 210 Å². The maximum Gasteiger partial charge on any atom is 0.380 e. The molecule has 0 spiro atoms. The number of thioether (sulfide) groups is 2. The summed E-state index contributed by atoms with van der Waals surface area (Å²) in [5.41, 5.74) is -2.83. The van der Waals surface area contributed by atoms with Crippen molar-refractivity contribution in [2.24, 2.45) is 9.98 Å². The van der Waals surface area contributed by atoms with Gasteiger partial charge in [-0.25, -0.2) is 0 Å². The van der Waals surface area contributed by atoms with Crippen molar-refractivity contribution in [2.75, 3.05) is 13.1 Å². The number of rotatable bonds is 8. The highest BCUT2D eigenvalue weighted by Crippen LogP contribution is 2.73. The molecule has 0 aromatic carbocycles. The van der Waals surface area contributed by atoms with Crippen molar-refractivity contribution in [2.45, 2.75) is 80.6 Å². The number of hydrogen-bond donors (Lipinski definition) is 0. The zero-order valence-corrected chi connectivity index (χ0v) is 21.7. The van der Waals surface area contributed by atoms with Crippen LogP contribution in [0, 0.1) is 0 Å². The Balaban J connectivity index is 1.91. The summed E-state index contributed by atoms with van der Waals surface area (Å²) in [6, 6.07) is 0. The minimum Gasteiger partial charge on any atom is -0.292 e. The molecule has 1 fully saturated rings. The van der Waals surface area contributed by atoms with Crippen LogP contribution >= 0.6 is 23.5 Å². The third-order valence-corrected chi connectivity index (χ3v) is 10.2. The molecule has 2 atom stereocenters. The lowest BCUT2D eigenvalue weighted by molar-refractivity contribution is -0.258. The first-order chi connectivity index (χ1) is 16.3. The van der Waals surface area contributed by atoms with Crippen molar-refractivity contribution < 1.29 is 26.3 Å². The van der Waals surface area contributed by atoms with E-state index in [-0.39, 0.29) is 11.1 Å². The van der Waals surface area contributed by atoms with Crippen LogP contribution in [0.1, 0.15) is 53.4 Å². The molecule has 0 aromatic heterocycles. The molecule has 35 heavy (non-hydrogen) atoms. The van der Waals surface area contributed by atoms with Crippen LogP contribution in [0.2, 0.25) is 0 Å². The molecule has 0 amide bonds. The van der Waals surface area contributed by atoms with Crippen molar-refractivity contribution in [3.63, 3.8) is 0 Å². The highest BCUT2D eigenvalue weighted by atomic mass is 32.2. The summed E-state index contributed by atoms with van der Waals surface area (Å²) in [6.07, 6.45) is 9.27. The van der Waals surface area contributed by atoms with Gasteiger partial charge in [-0.3, -0.25) is 9.98 Å². The van der Waals surface area contributed by atoms with Crippen LogP contribution < -0.4 is 0 Å². The van der Waals surface area contributed by atoms with Gasteiger partial charge in [0.25, 0.3) is 0 Å². The fourth-order valence-corrected chi connectivity index (χ4v) is 7.85. The molecule has 4 aliphatic rings. The Morgan fingerprint density at radius 3 is 1.43 bits per heavy atom. The Kier molecular flexibility index (Phi) is 6.74. The van der Waals surface area contributed by atoms with Crippen LogP contribution in [0.25, 0.3) is 0 Å². The van der Waals surface area contributed by atoms with Crippen LogP contribution in [-0.4, -0.2) is 52.8 Å². The molecule has 2 unspecified atom stereocenters. The van der Waals surface area contributed by atoms with Gasteiger partial charge in [-0.05, 0) is 50.0 Å². The van der Waals surface area contributed by atoms with Gasteiger partial charge in [0.15, 0.2) is 0 Å². The van der Waals surface area contributed by atoms with Gasteiger partial charge in [0, 0.05) is 46.5 Å². The molecule has 0 radical (unpaired) electrons. The normalized spacial score (nSPS) is 32.4. The van der Waals surface area contributed by atoms with Crippen LogP contribution in [0.4, 0.5) is 26.3 Å². The lowest BCUT2D eigenvalue weighted by atomic mass is 9.71. The average Bonchev–Trinajstić information content (AvgIpc) is 3.33. The summed E-state index contributed by atoms with van der Waals surface area (Å²) in [5, 5.41) is 0. The predicted octanol–water partition coefficient (Wildman–Crippen LogP) is 8.03. The summed E-state index contributed by atoms with van der Waals surface area (Å²) in [5.74, 6) is -15.6. The van der Waals surface area contributed by atoms with E-state index < -0.39 is 38.4 Å². The highest BCUT2D eigenvalue weighted by Gasteiger charge is 2.84. The Bertz CT molecular complexity index is 1020. The van der Waals surface area contributed by atoms with Gasteiger partial charge in [-0.15, -0.1) is 23.5 Å². The maximum absolute atomic E-state index is 15.2. The molecule has 10 heteroatoms. The standard InChI is InChI=1S/C25H28F6N2S2/c1-5-7-9-32-13-15-11-17-19-20(24(28,29)25(30,31)23(19,26)27)18-12-16(14-33-10-8-6-2)35-22(18,4)21(17,3)34-15/h11-14H,5-10H2,1-4H3. The lowest BCUT2D eigenvalue weighted by Crippen LogP contribution is -2.49. The molecule has 1 saturated carbocycles. The first kappa shape index (κ1) is 26.6. The molecule has 0 saturated heterocycles. The fourth-order valence-electron chi connectivity index (χ4n) is 4.90. The SMILES string of the molecule is CCCCN=CC1=CC2=C3C(=C4C=C(C=NCCCC)SC4(C)C2(C)S1)C(F)(F)C(F)(F)C3(F)F. The zero-order chi connectivity index (χ0) is 25.9. The topological polar surface area (TPSA) is 24.7 Å². The second-order valence-corrected chi connectivity index (χ2v) is 12.4. The smallest absolute Gasteiger partial charge is 0.292 e. The van der Waals surface area contributed by atoms with Crippen molar-refractivity contribution >= 4 is 36.0 Å². The lowest BCUT2D eigenvalue weighted by Gasteiger charge is -2.47. The van der Waals surface area contributed by atoms with Crippen molar-refractivity contribution in [3.8, 4) is 0 Å². The Hall–Kier alpha value is -1.42. The third kappa shape index (κ3) is 3.63. The quantitative estimate of drug-likeness (QED) is 0.179. The van der Waals surface area contributed by atoms with E-state index in [1.165, 1.54) is 48.1 Å². The number of allylic oxidation sites excluding steroid dienone is 6. The summed E-state index contributed by atoms with van der Waals surface area (Å²) in [7, 11) is 0. The van der Waals surface area contributed by atoms with Gasteiger partial charge < -0.3 is 0 Å². The minimum atomic E-state index is -5.54. The van der Waals surface area contributed by atoms with Crippen LogP contribution in [-0.2, 0) is 0 Å². The molecule has 192 valence electrons. The number of halogens is 6. The molecule has 0 bridgehead atoms. The number of alkyl halides is 6. The molecule has 0 N–H and O–H groups in total. The molecule has 2 nitrogen and oxygen atoms in total. The van der Waals surface area contributed by atoms with Crippen molar-refractivity contribution in [1.29, 1.82) is 0 Å². The van der Waals surface area contributed by atoms with Crippen molar-refractivity contribution in [3.05, 3.63) is 44.3 Å². The number of unbranched alkanes of at least 4 members (excludes halogenated alkanes) is 2. The number of aliphatic imine (C=N–C) groups is 2. The van der Waals surface area contributed by atoms with E-state index in [0.717, 1.165) is 25.7 Å². The molecule has 0 aromatic rings. The van der Waals surface area contributed by atoms with Gasteiger partial charge in [-0.2, -0.15) is 26.3 Å². The summed E-state index contributed by atoms with van der Waals surface area (Å²) >= 11 is 2.42. The molecular weight excluding hydrogens is 506 g/mol. The first-order valence-electron chi connectivity index (χ1n) is 11.7. The molecule has 2 aliphatic carbocycles. The molecule has 2 heterocycles. The van der Waals surface area contributed by atoms with Gasteiger partial charge in [0.2, 0.25) is 0 Å². The third-order valence-electron chi connectivity index (χ3n) is 7.08. The molecular formula is C25H28F6N2S2. The predicted molar refractivity (Wildman–Crippen MR) is 134 cm³/mol. The minimum absolute atomic E-state index is 0.174. The van der Waals surface area contributed by atoms with Crippen LogP contribution in [0.15, 0.2) is 54.2 Å². The number of nitrogens with zero attached hydrogens (tertiary/aromatic N) is 2. The van der Waals surface area contributed by atoms with E-state index in [4.69, 9.17) is 0 Å². The fraction of sp³-hybridized carbons (Fsp3) is 0.600. The average molecular weight is 535 g/mol. The summed E-state index contributed by atoms with van der Waals surface area (Å²) < 4.78 is 87.6. The summed E-state index contributed by atoms with van der Waals surface area (Å²) in [4.78, 5) is 9.62. The monoisotopic (exact) mass is 534 g/mol. The van der Waals surface area contributed by atoms with E-state index in [9.17, 15) is 8.78 Å². The second kappa shape index (κ2) is 8.85. The van der Waals surface area contributed by atoms with Gasteiger partial charge in [-0.1, -0.05) is 26.7 Å². The van der Waals surface area contributed by atoms with Gasteiger partial charge in [0.05, 0.1) is 9.49 Å². The van der Waals surface area contributed by atoms with E-state index in [1.54, 1.807) is 13.8 Å². The zero-order valence-electron chi connectivity index (χ0n) is 20.0. The largest absolute Gasteiger partial charge is 0.380 e. The van der Waals surface area contributed by atoms with Gasteiger partial charge in [0.1, 0.15) is 0 Å². The van der Waals surface area contributed by atoms with Crippen LogP contribution in [0.5, 0.6) is 0 Å². The summed E-state index contributed by atoms with van der Waals surface area (Å²) in [6.45, 7) is 8.42. The number of fused-ring (bicyclic) bond motifs is 4. The van der Waals surface area contributed by atoms with Crippen molar-refractivity contribution in [1.82, 2.24) is 0 Å². The van der Waals surface area contributed by atoms with Crippen LogP contribution in [0.3, 0.4) is 0 Å². The van der Waals surface area contributed by atoms with E-state index in [1.807, 2.05) is 13.8 Å². The van der Waals surface area contributed by atoms with E-state index in [2.05, 4.69) is 9.98 Å².